The summed E-state index contributed by atoms with van der Waals surface area (Å²) in [6.45, 7) is 15.0. The van der Waals surface area contributed by atoms with Crippen LogP contribution >= 0.6 is 0 Å². The highest BCUT2D eigenvalue weighted by Crippen LogP contribution is 2.39. The minimum absolute atomic E-state index is 0.117. The monoisotopic (exact) mass is 340 g/mol. The molecule has 0 saturated carbocycles. The fourth-order valence-electron chi connectivity index (χ4n) is 3.27. The van der Waals surface area contributed by atoms with Gasteiger partial charge in [0.2, 0.25) is 0 Å². The molecule has 0 aliphatic heterocycles. The first kappa shape index (κ1) is 19.4. The molecule has 0 aliphatic carbocycles. The number of phenols is 2. The van der Waals surface area contributed by atoms with E-state index in [1.807, 2.05) is 12.1 Å². The summed E-state index contributed by atoms with van der Waals surface area (Å²) < 4.78 is 0. The minimum Gasteiger partial charge on any atom is -0.508 e. The van der Waals surface area contributed by atoms with Crippen molar-refractivity contribution in [2.75, 3.05) is 0 Å². The summed E-state index contributed by atoms with van der Waals surface area (Å²) in [7, 11) is 0. The molecule has 25 heavy (non-hydrogen) atoms. The number of rotatable bonds is 4. The van der Waals surface area contributed by atoms with E-state index in [9.17, 15) is 10.2 Å². The summed E-state index contributed by atoms with van der Waals surface area (Å²) in [5, 5.41) is 20.4. The molecule has 0 radical (unpaired) electrons. The van der Waals surface area contributed by atoms with Gasteiger partial charge in [-0.15, -0.1) is 0 Å². The summed E-state index contributed by atoms with van der Waals surface area (Å²) in [5.74, 6) is 1.21. The van der Waals surface area contributed by atoms with E-state index >= 15 is 0 Å². The minimum atomic E-state index is -0.215. The fourth-order valence-corrected chi connectivity index (χ4v) is 3.27. The van der Waals surface area contributed by atoms with Gasteiger partial charge in [-0.25, -0.2) is 0 Å². The van der Waals surface area contributed by atoms with Crippen LogP contribution in [0.2, 0.25) is 0 Å². The molecule has 0 atom stereocenters. The first-order chi connectivity index (χ1) is 11.4. The maximum Gasteiger partial charge on any atom is 0.119 e. The molecule has 2 rings (SSSR count). The average molecular weight is 341 g/mol. The molecule has 0 aromatic heterocycles. The molecule has 0 aliphatic rings. The summed E-state index contributed by atoms with van der Waals surface area (Å²) in [6, 6.07) is 11.8. The standard InChI is InChI=1S/C23H32O2/c1-15(2)12-16-13-17(8-10-20(16)24)23(6,7)18-9-11-21(25)19(14-18)22(3,4)5/h8-11,13-15,24-25H,12H2,1-7H3. The van der Waals surface area contributed by atoms with E-state index in [0.29, 0.717) is 17.4 Å². The van der Waals surface area contributed by atoms with Gasteiger partial charge in [0, 0.05) is 5.41 Å². The molecule has 2 aromatic carbocycles. The first-order valence-electron chi connectivity index (χ1n) is 9.09. The normalized spacial score (nSPS) is 12.6. The van der Waals surface area contributed by atoms with Crippen LogP contribution in [0.25, 0.3) is 0 Å². The molecule has 0 heterocycles. The molecule has 136 valence electrons. The zero-order valence-corrected chi connectivity index (χ0v) is 16.6. The molecule has 0 amide bonds. The lowest BCUT2D eigenvalue weighted by atomic mass is 9.75. The van der Waals surface area contributed by atoms with Crippen LogP contribution in [0.3, 0.4) is 0 Å². The van der Waals surface area contributed by atoms with E-state index in [4.69, 9.17) is 0 Å². The lowest BCUT2D eigenvalue weighted by Gasteiger charge is -2.30. The van der Waals surface area contributed by atoms with Gasteiger partial charge in [-0.05, 0) is 52.1 Å². The van der Waals surface area contributed by atoms with Gasteiger partial charge >= 0.3 is 0 Å². The Balaban J connectivity index is 2.52. The Morgan fingerprint density at radius 2 is 1.32 bits per heavy atom. The Labute approximate surface area is 152 Å². The zero-order valence-electron chi connectivity index (χ0n) is 16.6. The van der Waals surface area contributed by atoms with E-state index < -0.39 is 0 Å². The molecular weight excluding hydrogens is 308 g/mol. The van der Waals surface area contributed by atoms with Crippen molar-refractivity contribution in [2.45, 2.75) is 65.7 Å². The summed E-state index contributed by atoms with van der Waals surface area (Å²) in [4.78, 5) is 0. The van der Waals surface area contributed by atoms with E-state index in [1.165, 1.54) is 5.56 Å². The molecule has 0 saturated heterocycles. The third-order valence-electron chi connectivity index (χ3n) is 4.96. The molecule has 0 unspecified atom stereocenters. The summed E-state index contributed by atoms with van der Waals surface area (Å²) in [5.41, 5.74) is 3.96. The molecule has 2 nitrogen and oxygen atoms in total. The van der Waals surface area contributed by atoms with Crippen molar-refractivity contribution in [2.24, 2.45) is 5.92 Å². The second-order valence-corrected chi connectivity index (χ2v) is 9.05. The van der Waals surface area contributed by atoms with Crippen LogP contribution in [0.15, 0.2) is 36.4 Å². The predicted molar refractivity (Wildman–Crippen MR) is 106 cm³/mol. The van der Waals surface area contributed by atoms with Gasteiger partial charge in [0.05, 0.1) is 0 Å². The fraction of sp³-hybridized carbons (Fsp3) is 0.478. The van der Waals surface area contributed by atoms with Gasteiger partial charge in [-0.3, -0.25) is 0 Å². The smallest absolute Gasteiger partial charge is 0.119 e. The maximum atomic E-state index is 10.3. The number of aromatic hydroxyl groups is 2. The SMILES string of the molecule is CC(C)Cc1cc(C(C)(C)c2ccc(O)c(C(C)(C)C)c2)ccc1O. The molecule has 2 heteroatoms. The highest BCUT2D eigenvalue weighted by molar-refractivity contribution is 5.48. The molecular formula is C23H32O2. The topological polar surface area (TPSA) is 40.5 Å². The number of hydrogen-bond acceptors (Lipinski definition) is 2. The van der Waals surface area contributed by atoms with Crippen LogP contribution < -0.4 is 0 Å². The largest absolute Gasteiger partial charge is 0.508 e. The van der Waals surface area contributed by atoms with E-state index in [0.717, 1.165) is 23.1 Å². The van der Waals surface area contributed by atoms with Crippen molar-refractivity contribution in [3.63, 3.8) is 0 Å². The lowest BCUT2D eigenvalue weighted by Crippen LogP contribution is -2.21. The van der Waals surface area contributed by atoms with Gasteiger partial charge in [0.1, 0.15) is 11.5 Å². The second-order valence-electron chi connectivity index (χ2n) is 9.05. The van der Waals surface area contributed by atoms with E-state index in [-0.39, 0.29) is 10.8 Å². The van der Waals surface area contributed by atoms with Crippen LogP contribution in [0, 0.1) is 5.92 Å². The Bertz CT molecular complexity index is 749. The van der Waals surface area contributed by atoms with Crippen LogP contribution in [-0.4, -0.2) is 10.2 Å². The zero-order chi connectivity index (χ0) is 19.0. The van der Waals surface area contributed by atoms with Crippen molar-refractivity contribution in [1.29, 1.82) is 0 Å². The number of benzene rings is 2. The Morgan fingerprint density at radius 1 is 0.800 bits per heavy atom. The lowest BCUT2D eigenvalue weighted by molar-refractivity contribution is 0.445. The summed E-state index contributed by atoms with van der Waals surface area (Å²) in [6.07, 6.45) is 0.860. The number of phenolic OH excluding ortho intramolecular Hbond substituents is 2. The highest BCUT2D eigenvalue weighted by Gasteiger charge is 2.27. The number of hydrogen-bond donors (Lipinski definition) is 2. The van der Waals surface area contributed by atoms with Crippen LogP contribution in [0.1, 0.15) is 70.7 Å². The van der Waals surface area contributed by atoms with E-state index in [1.54, 1.807) is 12.1 Å². The van der Waals surface area contributed by atoms with Crippen molar-refractivity contribution in [3.8, 4) is 11.5 Å². The van der Waals surface area contributed by atoms with Gasteiger partial charge in [-0.1, -0.05) is 72.7 Å². The van der Waals surface area contributed by atoms with Gasteiger partial charge in [-0.2, -0.15) is 0 Å². The first-order valence-corrected chi connectivity index (χ1v) is 9.09. The molecule has 0 fully saturated rings. The Kier molecular flexibility index (Phi) is 5.22. The van der Waals surface area contributed by atoms with Crippen LogP contribution in [0.5, 0.6) is 11.5 Å². The molecule has 0 spiro atoms. The molecule has 2 N–H and O–H groups in total. The molecule has 0 bridgehead atoms. The van der Waals surface area contributed by atoms with Crippen LogP contribution in [0.4, 0.5) is 0 Å². The van der Waals surface area contributed by atoms with Crippen LogP contribution in [-0.2, 0) is 17.3 Å². The average Bonchev–Trinajstić information content (AvgIpc) is 2.48. The van der Waals surface area contributed by atoms with Crippen molar-refractivity contribution < 1.29 is 10.2 Å². The van der Waals surface area contributed by atoms with Crippen molar-refractivity contribution in [1.82, 2.24) is 0 Å². The Hall–Kier alpha value is -1.96. The molecule has 2 aromatic rings. The predicted octanol–water partition coefficient (Wildman–Crippen LogP) is 5.92. The third-order valence-corrected chi connectivity index (χ3v) is 4.96. The second kappa shape index (κ2) is 6.74. The van der Waals surface area contributed by atoms with E-state index in [2.05, 4.69) is 60.6 Å². The highest BCUT2D eigenvalue weighted by atomic mass is 16.3. The van der Waals surface area contributed by atoms with Gasteiger partial charge in [0.15, 0.2) is 0 Å². The van der Waals surface area contributed by atoms with Crippen molar-refractivity contribution >= 4 is 0 Å². The maximum absolute atomic E-state index is 10.3. The quantitative estimate of drug-likeness (QED) is 0.725. The summed E-state index contributed by atoms with van der Waals surface area (Å²) >= 11 is 0. The third kappa shape index (κ3) is 4.18. The van der Waals surface area contributed by atoms with Crippen molar-refractivity contribution in [3.05, 3.63) is 58.7 Å². The van der Waals surface area contributed by atoms with Gasteiger partial charge < -0.3 is 10.2 Å². The van der Waals surface area contributed by atoms with Gasteiger partial charge in [0.25, 0.3) is 0 Å². The Morgan fingerprint density at radius 3 is 1.84 bits per heavy atom.